The molecule has 1 aliphatic heterocycles. The van der Waals surface area contributed by atoms with Crippen LogP contribution >= 0.6 is 0 Å². The van der Waals surface area contributed by atoms with Crippen molar-refractivity contribution in [1.29, 1.82) is 0 Å². The number of carbonyl (C=O) groups is 1. The van der Waals surface area contributed by atoms with Crippen molar-refractivity contribution in [2.24, 2.45) is 0 Å². The first kappa shape index (κ1) is 20.2. The zero-order valence-corrected chi connectivity index (χ0v) is 17.7. The minimum Gasteiger partial charge on any atom is -0.451 e. The Morgan fingerprint density at radius 1 is 0.812 bits per heavy atom. The van der Waals surface area contributed by atoms with E-state index < -0.39 is 5.54 Å². The third-order valence-electron chi connectivity index (χ3n) is 6.15. The quantitative estimate of drug-likeness (QED) is 0.324. The molecule has 5 rings (SSSR count). The Balaban J connectivity index is 1.72. The highest BCUT2D eigenvalue weighted by atomic mass is 16.3. The zero-order valence-electron chi connectivity index (χ0n) is 17.7. The van der Waals surface area contributed by atoms with E-state index in [1.807, 2.05) is 24.3 Å². The van der Waals surface area contributed by atoms with Gasteiger partial charge in [0.25, 0.3) is 0 Å². The number of piperidine rings is 1. The Labute approximate surface area is 187 Å². The van der Waals surface area contributed by atoms with Crippen LogP contribution in [0.3, 0.4) is 0 Å². The average Bonchev–Trinajstić information content (AvgIpc) is 3.37. The van der Waals surface area contributed by atoms with Gasteiger partial charge < -0.3 is 4.42 Å². The standard InChI is InChI=1S/C28H24N2O2/c31-27-16-17-30(19-22(27)18-26-20-32-21-29-26)28(23-10-4-1-5-11-23,24-12-6-2-7-13-24)25-14-8-3-9-15-25/h1-15,18,20-21H,16-17,19H2/b22-18+. The first-order valence-corrected chi connectivity index (χ1v) is 10.8. The number of rotatable bonds is 5. The Kier molecular flexibility index (Phi) is 5.53. The molecule has 1 aromatic heterocycles. The van der Waals surface area contributed by atoms with Crippen molar-refractivity contribution in [3.05, 3.63) is 132 Å². The van der Waals surface area contributed by atoms with E-state index >= 15 is 0 Å². The van der Waals surface area contributed by atoms with Crippen LogP contribution in [0.5, 0.6) is 0 Å². The molecule has 4 nitrogen and oxygen atoms in total. The molecule has 4 aromatic rings. The molecule has 2 heterocycles. The number of ketones is 1. The molecule has 4 heteroatoms. The van der Waals surface area contributed by atoms with Crippen LogP contribution in [0.2, 0.25) is 0 Å². The summed E-state index contributed by atoms with van der Waals surface area (Å²) in [4.78, 5) is 19.5. The van der Waals surface area contributed by atoms with Crippen LogP contribution in [0.25, 0.3) is 6.08 Å². The van der Waals surface area contributed by atoms with Gasteiger partial charge in [-0.2, -0.15) is 0 Å². The van der Waals surface area contributed by atoms with Crippen LogP contribution in [-0.2, 0) is 10.3 Å². The maximum atomic E-state index is 12.8. The summed E-state index contributed by atoms with van der Waals surface area (Å²) in [5, 5.41) is 0. The zero-order chi connectivity index (χ0) is 21.8. The molecule has 0 spiro atoms. The van der Waals surface area contributed by atoms with Gasteiger partial charge in [-0.3, -0.25) is 9.69 Å². The number of hydrogen-bond donors (Lipinski definition) is 0. The van der Waals surface area contributed by atoms with Crippen molar-refractivity contribution in [3.8, 4) is 0 Å². The van der Waals surface area contributed by atoms with E-state index in [2.05, 4.69) is 82.7 Å². The molecule has 0 N–H and O–H groups in total. The second-order valence-corrected chi connectivity index (χ2v) is 7.99. The molecule has 0 saturated carbocycles. The maximum absolute atomic E-state index is 12.8. The lowest BCUT2D eigenvalue weighted by atomic mass is 9.74. The van der Waals surface area contributed by atoms with Gasteiger partial charge in [-0.25, -0.2) is 4.98 Å². The fraction of sp³-hybridized carbons (Fsp3) is 0.143. The molecule has 158 valence electrons. The summed E-state index contributed by atoms with van der Waals surface area (Å²) >= 11 is 0. The summed E-state index contributed by atoms with van der Waals surface area (Å²) in [5.74, 6) is 0.160. The van der Waals surface area contributed by atoms with Gasteiger partial charge in [-0.15, -0.1) is 0 Å². The highest BCUT2D eigenvalue weighted by Gasteiger charge is 2.44. The lowest BCUT2D eigenvalue weighted by molar-refractivity contribution is -0.117. The van der Waals surface area contributed by atoms with Crippen molar-refractivity contribution in [2.75, 3.05) is 13.1 Å². The van der Waals surface area contributed by atoms with Gasteiger partial charge in [0.2, 0.25) is 0 Å². The van der Waals surface area contributed by atoms with Gasteiger partial charge in [-0.05, 0) is 22.8 Å². The largest absolute Gasteiger partial charge is 0.451 e. The van der Waals surface area contributed by atoms with Gasteiger partial charge in [0, 0.05) is 25.1 Å². The molecule has 1 aliphatic rings. The molecule has 1 fully saturated rings. The fourth-order valence-corrected chi connectivity index (χ4v) is 4.74. The van der Waals surface area contributed by atoms with Crippen LogP contribution in [0.4, 0.5) is 0 Å². The van der Waals surface area contributed by atoms with Crippen molar-refractivity contribution in [2.45, 2.75) is 12.0 Å². The minimum atomic E-state index is -0.534. The van der Waals surface area contributed by atoms with E-state index in [0.717, 1.165) is 5.57 Å². The highest BCUT2D eigenvalue weighted by molar-refractivity contribution is 6.00. The summed E-state index contributed by atoms with van der Waals surface area (Å²) in [5.41, 5.74) is 4.40. The molecule has 0 aliphatic carbocycles. The Morgan fingerprint density at radius 3 is 1.81 bits per heavy atom. The third-order valence-corrected chi connectivity index (χ3v) is 6.15. The normalized spacial score (nSPS) is 16.4. The van der Waals surface area contributed by atoms with Gasteiger partial charge in [0.1, 0.15) is 12.0 Å². The van der Waals surface area contributed by atoms with E-state index in [9.17, 15) is 4.79 Å². The van der Waals surface area contributed by atoms with Gasteiger partial charge in [0.05, 0.1) is 5.54 Å². The van der Waals surface area contributed by atoms with Gasteiger partial charge in [-0.1, -0.05) is 91.0 Å². The summed E-state index contributed by atoms with van der Waals surface area (Å²) < 4.78 is 5.11. The number of carbonyl (C=O) groups excluding carboxylic acids is 1. The van der Waals surface area contributed by atoms with Crippen LogP contribution in [0.1, 0.15) is 28.8 Å². The predicted molar refractivity (Wildman–Crippen MR) is 125 cm³/mol. The van der Waals surface area contributed by atoms with Crippen molar-refractivity contribution < 1.29 is 9.21 Å². The molecule has 32 heavy (non-hydrogen) atoms. The van der Waals surface area contributed by atoms with E-state index in [1.54, 1.807) is 6.26 Å². The van der Waals surface area contributed by atoms with E-state index in [0.29, 0.717) is 25.2 Å². The Hall–Kier alpha value is -3.76. The van der Waals surface area contributed by atoms with Crippen LogP contribution in [0.15, 0.2) is 114 Å². The molecule has 0 atom stereocenters. The molecule has 0 radical (unpaired) electrons. The fourth-order valence-electron chi connectivity index (χ4n) is 4.74. The van der Waals surface area contributed by atoms with Gasteiger partial charge >= 0.3 is 0 Å². The van der Waals surface area contributed by atoms with E-state index in [-0.39, 0.29) is 5.78 Å². The predicted octanol–water partition coefficient (Wildman–Crippen LogP) is 5.32. The maximum Gasteiger partial charge on any atom is 0.181 e. The smallest absolute Gasteiger partial charge is 0.181 e. The first-order chi connectivity index (χ1) is 15.8. The van der Waals surface area contributed by atoms with Crippen LogP contribution in [-0.4, -0.2) is 28.8 Å². The lowest BCUT2D eigenvalue weighted by Crippen LogP contribution is -2.52. The number of likely N-dealkylation sites (tertiary alicyclic amines) is 1. The number of nitrogens with zero attached hydrogens (tertiary/aromatic N) is 2. The van der Waals surface area contributed by atoms with Crippen LogP contribution in [0, 0.1) is 0 Å². The minimum absolute atomic E-state index is 0.160. The number of aromatic nitrogens is 1. The highest BCUT2D eigenvalue weighted by Crippen LogP contribution is 2.43. The number of benzene rings is 3. The summed E-state index contributed by atoms with van der Waals surface area (Å²) in [7, 11) is 0. The first-order valence-electron chi connectivity index (χ1n) is 10.8. The molecule has 3 aromatic carbocycles. The second kappa shape index (κ2) is 8.77. The summed E-state index contributed by atoms with van der Waals surface area (Å²) in [6, 6.07) is 31.7. The molecule has 1 saturated heterocycles. The van der Waals surface area contributed by atoms with Crippen molar-refractivity contribution in [3.63, 3.8) is 0 Å². The topological polar surface area (TPSA) is 46.3 Å². The average molecular weight is 421 g/mol. The summed E-state index contributed by atoms with van der Waals surface area (Å²) in [6.07, 6.45) is 5.26. The van der Waals surface area contributed by atoms with E-state index in [1.165, 1.54) is 23.1 Å². The van der Waals surface area contributed by atoms with Crippen molar-refractivity contribution >= 4 is 11.9 Å². The Bertz CT molecular complexity index is 1100. The molecule has 0 bridgehead atoms. The van der Waals surface area contributed by atoms with E-state index in [4.69, 9.17) is 4.42 Å². The van der Waals surface area contributed by atoms with Crippen LogP contribution < -0.4 is 0 Å². The molecule has 0 amide bonds. The molecular formula is C28H24N2O2. The second-order valence-electron chi connectivity index (χ2n) is 7.99. The number of oxazole rings is 1. The molecular weight excluding hydrogens is 396 g/mol. The summed E-state index contributed by atoms with van der Waals surface area (Å²) in [6.45, 7) is 1.18. The monoisotopic (exact) mass is 420 g/mol. The Morgan fingerprint density at radius 2 is 1.34 bits per heavy atom. The molecule has 0 unspecified atom stereocenters. The number of Topliss-reactive ketones (excluding diaryl/α,β-unsaturated/α-hetero) is 1. The number of hydrogen-bond acceptors (Lipinski definition) is 4. The van der Waals surface area contributed by atoms with Crippen molar-refractivity contribution in [1.82, 2.24) is 9.88 Å². The lowest BCUT2D eigenvalue weighted by Gasteiger charge is -2.47. The van der Waals surface area contributed by atoms with Gasteiger partial charge in [0.15, 0.2) is 12.2 Å². The SMILES string of the molecule is O=C1CCN(C(c2ccccc2)(c2ccccc2)c2ccccc2)C/C1=C\c1cocn1. The third kappa shape index (κ3) is 3.59.